The monoisotopic (exact) mass is 276 g/mol. The Balaban J connectivity index is 2.00. The number of hydrogen-bond acceptors (Lipinski definition) is 3. The molecule has 5 heteroatoms. The third kappa shape index (κ3) is 2.62. The molecule has 0 radical (unpaired) electrons. The van der Waals surface area contributed by atoms with Crippen LogP contribution in [-0.2, 0) is 13.6 Å². The number of phosphoric ester groups is 1. The molecule has 1 aliphatic rings. The molecule has 0 bridgehead atoms. The van der Waals surface area contributed by atoms with E-state index in [2.05, 4.69) is 0 Å². The molecule has 2 aromatic carbocycles. The Bertz CT molecular complexity index is 548. The van der Waals surface area contributed by atoms with Crippen LogP contribution in [0.5, 0.6) is 0 Å². The summed E-state index contributed by atoms with van der Waals surface area (Å²) in [6.45, 7) is 0. The average molecular weight is 276 g/mol. The van der Waals surface area contributed by atoms with E-state index in [0.29, 0.717) is 0 Å². The molecular formula is C14H13O4P. The summed E-state index contributed by atoms with van der Waals surface area (Å²) in [5, 5.41) is 0. The Morgan fingerprint density at radius 2 is 1.16 bits per heavy atom. The minimum Gasteiger partial charge on any atom is -0.302 e. The number of benzene rings is 2. The smallest absolute Gasteiger partial charge is 0.302 e. The van der Waals surface area contributed by atoms with Gasteiger partial charge in [0, 0.05) is 0 Å². The van der Waals surface area contributed by atoms with Crippen molar-refractivity contribution in [2.24, 2.45) is 0 Å². The summed E-state index contributed by atoms with van der Waals surface area (Å²) in [7, 11) is -3.99. The van der Waals surface area contributed by atoms with E-state index in [0.717, 1.165) is 11.1 Å². The quantitative estimate of drug-likeness (QED) is 0.851. The zero-order chi connectivity index (χ0) is 13.3. The lowest BCUT2D eigenvalue weighted by atomic mass is 9.99. The van der Waals surface area contributed by atoms with Gasteiger partial charge in [0.2, 0.25) is 0 Å². The molecule has 1 fully saturated rings. The summed E-state index contributed by atoms with van der Waals surface area (Å²) in [6.07, 6.45) is -1.14. The number of phosphoric acid groups is 1. The van der Waals surface area contributed by atoms with Crippen molar-refractivity contribution in [3.63, 3.8) is 0 Å². The highest BCUT2D eigenvalue weighted by molar-refractivity contribution is 7.47. The second kappa shape index (κ2) is 4.91. The lowest BCUT2D eigenvalue weighted by Crippen LogP contribution is -2.06. The van der Waals surface area contributed by atoms with Crippen LogP contribution in [-0.4, -0.2) is 4.89 Å². The van der Waals surface area contributed by atoms with Crippen molar-refractivity contribution in [2.75, 3.05) is 0 Å². The van der Waals surface area contributed by atoms with Crippen LogP contribution in [0.15, 0.2) is 60.7 Å². The van der Waals surface area contributed by atoms with Crippen molar-refractivity contribution in [3.05, 3.63) is 71.8 Å². The van der Waals surface area contributed by atoms with Crippen LogP contribution in [0.4, 0.5) is 0 Å². The summed E-state index contributed by atoms with van der Waals surface area (Å²) >= 11 is 0. The van der Waals surface area contributed by atoms with Crippen LogP contribution >= 0.6 is 7.82 Å². The van der Waals surface area contributed by atoms with E-state index in [1.165, 1.54) is 0 Å². The molecule has 0 spiro atoms. The van der Waals surface area contributed by atoms with Gasteiger partial charge in [-0.25, -0.2) is 4.57 Å². The van der Waals surface area contributed by atoms with Gasteiger partial charge in [-0.15, -0.1) is 0 Å². The van der Waals surface area contributed by atoms with Gasteiger partial charge in [-0.3, -0.25) is 9.05 Å². The van der Waals surface area contributed by atoms with Gasteiger partial charge in [0.1, 0.15) is 12.2 Å². The first kappa shape index (κ1) is 12.6. The molecule has 0 aliphatic carbocycles. The zero-order valence-corrected chi connectivity index (χ0v) is 10.9. The van der Waals surface area contributed by atoms with Gasteiger partial charge in [0.05, 0.1) is 0 Å². The van der Waals surface area contributed by atoms with Crippen LogP contribution in [0, 0.1) is 0 Å². The van der Waals surface area contributed by atoms with Gasteiger partial charge in [-0.1, -0.05) is 60.7 Å². The molecule has 1 aliphatic heterocycles. The largest absolute Gasteiger partial charge is 0.473 e. The molecule has 98 valence electrons. The third-order valence-corrected chi connectivity index (χ3v) is 4.01. The predicted octanol–water partition coefficient (Wildman–Crippen LogP) is 3.62. The normalized spacial score (nSPS) is 30.4. The van der Waals surface area contributed by atoms with Gasteiger partial charge < -0.3 is 4.89 Å². The molecule has 0 amide bonds. The van der Waals surface area contributed by atoms with Crippen molar-refractivity contribution in [2.45, 2.75) is 12.2 Å². The minimum atomic E-state index is -3.99. The average Bonchev–Trinajstić information content (AvgIpc) is 2.77. The Kier molecular flexibility index (Phi) is 3.25. The lowest BCUT2D eigenvalue weighted by molar-refractivity contribution is 0.159. The first-order valence-electron chi connectivity index (χ1n) is 5.95. The molecule has 1 unspecified atom stereocenters. The molecular weight excluding hydrogens is 263 g/mol. The molecule has 4 nitrogen and oxygen atoms in total. The van der Waals surface area contributed by atoms with E-state index in [1.807, 2.05) is 60.7 Å². The summed E-state index contributed by atoms with van der Waals surface area (Å²) < 4.78 is 22.1. The molecule has 1 saturated heterocycles. The van der Waals surface area contributed by atoms with E-state index >= 15 is 0 Å². The van der Waals surface area contributed by atoms with Gasteiger partial charge in [-0.2, -0.15) is 0 Å². The fourth-order valence-electron chi connectivity index (χ4n) is 2.18. The predicted molar refractivity (Wildman–Crippen MR) is 70.4 cm³/mol. The maximum Gasteiger partial charge on any atom is 0.473 e. The minimum absolute atomic E-state index is 0.570. The van der Waals surface area contributed by atoms with E-state index in [4.69, 9.17) is 9.05 Å². The summed E-state index contributed by atoms with van der Waals surface area (Å²) in [5.74, 6) is 0. The van der Waals surface area contributed by atoms with Crippen molar-refractivity contribution < 1.29 is 18.5 Å². The second-order valence-corrected chi connectivity index (χ2v) is 5.70. The lowest BCUT2D eigenvalue weighted by Gasteiger charge is -2.16. The fourth-order valence-corrected chi connectivity index (χ4v) is 3.27. The first-order chi connectivity index (χ1) is 9.16. The molecule has 3 rings (SSSR count). The van der Waals surface area contributed by atoms with Gasteiger partial charge in [0.15, 0.2) is 0 Å². The second-order valence-electron chi connectivity index (χ2n) is 4.34. The van der Waals surface area contributed by atoms with E-state index in [1.54, 1.807) is 0 Å². The molecule has 2 aromatic rings. The standard InChI is InChI=1S/C14H13O4P/c15-19(16)17-13(11-7-3-1-4-8-11)14(18-19)12-9-5-2-6-10-12/h1-10,13-14H,(H,15,16)/t13-,14+. The summed E-state index contributed by atoms with van der Waals surface area (Å²) in [4.78, 5) is 9.57. The van der Waals surface area contributed by atoms with Gasteiger partial charge >= 0.3 is 7.82 Å². The molecule has 3 atom stereocenters. The molecule has 1 N–H and O–H groups in total. The van der Waals surface area contributed by atoms with Gasteiger partial charge in [-0.05, 0) is 11.1 Å². The maximum atomic E-state index is 11.7. The van der Waals surface area contributed by atoms with Gasteiger partial charge in [0.25, 0.3) is 0 Å². The van der Waals surface area contributed by atoms with Crippen LogP contribution < -0.4 is 0 Å². The Labute approximate surface area is 111 Å². The SMILES string of the molecule is O=P1(O)O[C@H](c2ccccc2)[C@H](c2ccccc2)O1. The Hall–Kier alpha value is -1.45. The highest BCUT2D eigenvalue weighted by atomic mass is 31.2. The Morgan fingerprint density at radius 1 is 0.789 bits per heavy atom. The van der Waals surface area contributed by atoms with Crippen LogP contribution in [0.3, 0.4) is 0 Å². The van der Waals surface area contributed by atoms with E-state index in [9.17, 15) is 9.46 Å². The highest BCUT2D eigenvalue weighted by Gasteiger charge is 2.45. The molecule has 1 heterocycles. The maximum absolute atomic E-state index is 11.7. The van der Waals surface area contributed by atoms with Crippen LogP contribution in [0.25, 0.3) is 0 Å². The van der Waals surface area contributed by atoms with Crippen molar-refractivity contribution in [3.8, 4) is 0 Å². The first-order valence-corrected chi connectivity index (χ1v) is 7.45. The molecule has 0 aromatic heterocycles. The van der Waals surface area contributed by atoms with E-state index in [-0.39, 0.29) is 0 Å². The molecule has 0 saturated carbocycles. The third-order valence-electron chi connectivity index (χ3n) is 3.02. The van der Waals surface area contributed by atoms with Crippen LogP contribution in [0.1, 0.15) is 23.3 Å². The fraction of sp³-hybridized carbons (Fsp3) is 0.143. The van der Waals surface area contributed by atoms with Crippen molar-refractivity contribution in [1.82, 2.24) is 0 Å². The number of hydrogen-bond donors (Lipinski definition) is 1. The summed E-state index contributed by atoms with van der Waals surface area (Å²) in [5.41, 5.74) is 1.64. The van der Waals surface area contributed by atoms with Crippen molar-refractivity contribution in [1.29, 1.82) is 0 Å². The Morgan fingerprint density at radius 3 is 1.53 bits per heavy atom. The topological polar surface area (TPSA) is 55.8 Å². The van der Waals surface area contributed by atoms with E-state index < -0.39 is 20.0 Å². The van der Waals surface area contributed by atoms with Crippen LogP contribution in [0.2, 0.25) is 0 Å². The zero-order valence-electron chi connectivity index (χ0n) is 10.0. The molecule has 19 heavy (non-hydrogen) atoms. The number of rotatable bonds is 2. The highest BCUT2D eigenvalue weighted by Crippen LogP contribution is 2.62. The van der Waals surface area contributed by atoms with Crippen molar-refractivity contribution >= 4 is 7.82 Å². The summed E-state index contributed by atoms with van der Waals surface area (Å²) in [6, 6.07) is 18.6.